The van der Waals surface area contributed by atoms with Crippen LogP contribution in [0.25, 0.3) is 0 Å². The van der Waals surface area contributed by atoms with E-state index in [0.29, 0.717) is 11.7 Å². The van der Waals surface area contributed by atoms with Crippen molar-refractivity contribution in [3.63, 3.8) is 0 Å². The Morgan fingerprint density at radius 1 is 1.26 bits per heavy atom. The van der Waals surface area contributed by atoms with Gasteiger partial charge in [0.1, 0.15) is 5.69 Å². The van der Waals surface area contributed by atoms with E-state index < -0.39 is 0 Å². The molecule has 5 heteroatoms. The van der Waals surface area contributed by atoms with Crippen LogP contribution in [0.3, 0.4) is 0 Å². The van der Waals surface area contributed by atoms with Crippen LogP contribution in [0.2, 0.25) is 0 Å². The summed E-state index contributed by atoms with van der Waals surface area (Å²) in [5, 5.41) is 3.09. The van der Waals surface area contributed by atoms with Gasteiger partial charge >= 0.3 is 0 Å². The molecule has 2 aliphatic rings. The molecule has 2 heterocycles. The molecule has 2 fully saturated rings. The van der Waals surface area contributed by atoms with Gasteiger partial charge in [0, 0.05) is 35.8 Å². The zero-order valence-corrected chi connectivity index (χ0v) is 12.4. The van der Waals surface area contributed by atoms with Crippen molar-refractivity contribution in [1.82, 2.24) is 15.2 Å². The molecule has 0 atom stereocenters. The third kappa shape index (κ3) is 3.34. The number of carbonyl (C=O) groups excluding carboxylic acids is 1. The summed E-state index contributed by atoms with van der Waals surface area (Å²) in [7, 11) is 0. The summed E-state index contributed by atoms with van der Waals surface area (Å²) in [6, 6.07) is 4.73. The lowest BCUT2D eigenvalue weighted by Crippen LogP contribution is -2.45. The van der Waals surface area contributed by atoms with E-state index in [1.807, 2.05) is 6.07 Å². The minimum Gasteiger partial charge on any atom is -0.348 e. The van der Waals surface area contributed by atoms with E-state index in [0.717, 1.165) is 36.4 Å². The fourth-order valence-corrected chi connectivity index (χ4v) is 2.85. The van der Waals surface area contributed by atoms with E-state index in [-0.39, 0.29) is 5.91 Å². The first kappa shape index (κ1) is 13.1. The van der Waals surface area contributed by atoms with Crippen molar-refractivity contribution in [3.05, 3.63) is 28.5 Å². The van der Waals surface area contributed by atoms with E-state index in [1.54, 1.807) is 12.3 Å². The maximum atomic E-state index is 12.0. The Kier molecular flexibility index (Phi) is 3.84. The number of amides is 1. The average molecular weight is 324 g/mol. The van der Waals surface area contributed by atoms with Gasteiger partial charge in [0.15, 0.2) is 0 Å². The number of pyridine rings is 1. The molecule has 1 aliphatic heterocycles. The maximum Gasteiger partial charge on any atom is 0.270 e. The monoisotopic (exact) mass is 323 g/mol. The molecule has 1 aromatic rings. The average Bonchev–Trinajstić information content (AvgIpc) is 3.25. The van der Waals surface area contributed by atoms with Gasteiger partial charge in [-0.05, 0) is 53.7 Å². The molecular formula is C14H18BrN3O. The number of halogens is 1. The summed E-state index contributed by atoms with van der Waals surface area (Å²) in [6.07, 6.45) is 6.49. The Labute approximate surface area is 121 Å². The zero-order valence-electron chi connectivity index (χ0n) is 10.8. The third-order valence-electron chi connectivity index (χ3n) is 3.89. The van der Waals surface area contributed by atoms with E-state index in [4.69, 9.17) is 0 Å². The highest BCUT2D eigenvalue weighted by Gasteiger charge is 2.32. The lowest BCUT2D eigenvalue weighted by atomic mass is 10.0. The van der Waals surface area contributed by atoms with Crippen LogP contribution < -0.4 is 5.32 Å². The molecule has 0 aromatic carbocycles. The van der Waals surface area contributed by atoms with Gasteiger partial charge in [0.2, 0.25) is 0 Å². The predicted molar refractivity (Wildman–Crippen MR) is 77.0 cm³/mol. The second-order valence-corrected chi connectivity index (χ2v) is 6.29. The van der Waals surface area contributed by atoms with Gasteiger partial charge in [0.05, 0.1) is 0 Å². The smallest absolute Gasteiger partial charge is 0.270 e. The number of hydrogen-bond donors (Lipinski definition) is 1. The summed E-state index contributed by atoms with van der Waals surface area (Å²) in [5.41, 5.74) is 0.493. The SMILES string of the molecule is O=C(NC1CCN(C2CC2)CC1)c1ccc(Br)cn1. The molecule has 4 nitrogen and oxygen atoms in total. The van der Waals surface area contributed by atoms with E-state index in [1.165, 1.54) is 12.8 Å². The Balaban J connectivity index is 1.51. The highest BCUT2D eigenvalue weighted by molar-refractivity contribution is 9.10. The van der Waals surface area contributed by atoms with Crippen LogP contribution in [-0.2, 0) is 0 Å². The number of rotatable bonds is 3. The van der Waals surface area contributed by atoms with Crippen LogP contribution in [0.5, 0.6) is 0 Å². The topological polar surface area (TPSA) is 45.2 Å². The Hall–Kier alpha value is -0.940. The largest absolute Gasteiger partial charge is 0.348 e. The van der Waals surface area contributed by atoms with Gasteiger partial charge < -0.3 is 10.2 Å². The fourth-order valence-electron chi connectivity index (χ4n) is 2.62. The van der Waals surface area contributed by atoms with E-state index in [9.17, 15) is 4.79 Å². The quantitative estimate of drug-likeness (QED) is 0.927. The summed E-state index contributed by atoms with van der Waals surface area (Å²) >= 11 is 3.32. The van der Waals surface area contributed by atoms with Crippen LogP contribution >= 0.6 is 15.9 Å². The molecule has 0 spiro atoms. The summed E-state index contributed by atoms with van der Waals surface area (Å²) in [4.78, 5) is 18.7. The second-order valence-electron chi connectivity index (χ2n) is 5.38. The standard InChI is InChI=1S/C14H18BrN3O/c15-10-1-4-13(16-9-10)14(19)17-11-5-7-18(8-6-11)12-2-3-12/h1,4,9,11-12H,2-3,5-8H2,(H,17,19). The molecule has 1 aromatic heterocycles. The molecule has 1 amide bonds. The highest BCUT2D eigenvalue weighted by atomic mass is 79.9. The molecule has 1 saturated heterocycles. The van der Waals surface area contributed by atoms with Crippen molar-refractivity contribution in [2.75, 3.05) is 13.1 Å². The first-order valence-corrected chi connectivity index (χ1v) is 7.68. The van der Waals surface area contributed by atoms with Gasteiger partial charge in [-0.2, -0.15) is 0 Å². The van der Waals surface area contributed by atoms with Crippen LogP contribution in [0, 0.1) is 0 Å². The highest BCUT2D eigenvalue weighted by Crippen LogP contribution is 2.29. The predicted octanol–water partition coefficient (Wildman–Crippen LogP) is 2.20. The molecule has 3 rings (SSSR count). The number of carbonyl (C=O) groups is 1. The summed E-state index contributed by atoms with van der Waals surface area (Å²) < 4.78 is 0.891. The van der Waals surface area contributed by atoms with Gasteiger partial charge in [-0.25, -0.2) is 4.98 Å². The fraction of sp³-hybridized carbons (Fsp3) is 0.571. The maximum absolute atomic E-state index is 12.0. The van der Waals surface area contributed by atoms with Crippen LogP contribution in [0.4, 0.5) is 0 Å². The molecule has 0 bridgehead atoms. The number of likely N-dealkylation sites (tertiary alicyclic amines) is 1. The molecule has 1 N–H and O–H groups in total. The first-order valence-electron chi connectivity index (χ1n) is 6.89. The minimum absolute atomic E-state index is 0.0580. The van der Waals surface area contributed by atoms with Crippen LogP contribution in [0.1, 0.15) is 36.2 Å². The van der Waals surface area contributed by atoms with Gasteiger partial charge in [-0.15, -0.1) is 0 Å². The Morgan fingerprint density at radius 2 is 2.00 bits per heavy atom. The third-order valence-corrected chi connectivity index (χ3v) is 4.36. The number of nitrogens with one attached hydrogen (secondary N) is 1. The Bertz CT molecular complexity index is 450. The van der Waals surface area contributed by atoms with E-state index in [2.05, 4.69) is 31.1 Å². The number of piperidine rings is 1. The van der Waals surface area contributed by atoms with Gasteiger partial charge in [-0.3, -0.25) is 4.79 Å². The number of hydrogen-bond acceptors (Lipinski definition) is 3. The molecule has 0 unspecified atom stereocenters. The van der Waals surface area contributed by atoms with Crippen molar-refractivity contribution in [1.29, 1.82) is 0 Å². The van der Waals surface area contributed by atoms with Gasteiger partial charge in [0.25, 0.3) is 5.91 Å². The minimum atomic E-state index is -0.0580. The second kappa shape index (κ2) is 5.59. The Morgan fingerprint density at radius 3 is 2.58 bits per heavy atom. The molecular weight excluding hydrogens is 306 g/mol. The molecule has 1 aliphatic carbocycles. The van der Waals surface area contributed by atoms with Crippen LogP contribution in [0.15, 0.2) is 22.8 Å². The van der Waals surface area contributed by atoms with Crippen molar-refractivity contribution < 1.29 is 4.79 Å². The molecule has 1 saturated carbocycles. The normalized spacial score (nSPS) is 21.3. The van der Waals surface area contributed by atoms with E-state index >= 15 is 0 Å². The molecule has 102 valence electrons. The lowest BCUT2D eigenvalue weighted by molar-refractivity contribution is 0.0904. The number of aromatic nitrogens is 1. The molecule has 19 heavy (non-hydrogen) atoms. The zero-order chi connectivity index (χ0) is 13.2. The van der Waals surface area contributed by atoms with Crippen molar-refractivity contribution in [3.8, 4) is 0 Å². The lowest BCUT2D eigenvalue weighted by Gasteiger charge is -2.32. The summed E-state index contributed by atoms with van der Waals surface area (Å²) in [6.45, 7) is 2.23. The van der Waals surface area contributed by atoms with Gasteiger partial charge in [-0.1, -0.05) is 0 Å². The number of nitrogens with zero attached hydrogens (tertiary/aromatic N) is 2. The molecule has 0 radical (unpaired) electrons. The van der Waals surface area contributed by atoms with Crippen molar-refractivity contribution in [2.45, 2.75) is 37.8 Å². The van der Waals surface area contributed by atoms with Crippen LogP contribution in [-0.4, -0.2) is 41.0 Å². The van der Waals surface area contributed by atoms with Crippen molar-refractivity contribution >= 4 is 21.8 Å². The summed E-state index contributed by atoms with van der Waals surface area (Å²) in [5.74, 6) is -0.0580. The first-order chi connectivity index (χ1) is 9.22. The van der Waals surface area contributed by atoms with Crippen molar-refractivity contribution in [2.24, 2.45) is 0 Å².